The number of rotatable bonds is 7. The number of hydrogen-bond donors (Lipinski definition) is 0. The summed E-state index contributed by atoms with van der Waals surface area (Å²) in [5, 5.41) is 0. The van der Waals surface area contributed by atoms with E-state index >= 15 is 0 Å². The Morgan fingerprint density at radius 2 is 1.62 bits per heavy atom. The van der Waals surface area contributed by atoms with Gasteiger partial charge in [0.15, 0.2) is 0 Å². The van der Waals surface area contributed by atoms with E-state index in [0.717, 1.165) is 37.9 Å². The highest BCUT2D eigenvalue weighted by Crippen LogP contribution is 2.21. The Morgan fingerprint density at radius 3 is 2.17 bits per heavy atom. The van der Waals surface area contributed by atoms with Crippen LogP contribution >= 0.6 is 0 Å². The van der Waals surface area contributed by atoms with E-state index in [4.69, 9.17) is 0 Å². The van der Waals surface area contributed by atoms with Crippen molar-refractivity contribution in [3.63, 3.8) is 0 Å². The van der Waals surface area contributed by atoms with Crippen molar-refractivity contribution in [3.05, 3.63) is 29.8 Å². The normalized spacial score (nSPS) is 16.1. The van der Waals surface area contributed by atoms with Crippen LogP contribution in [0, 0.1) is 0 Å². The molecule has 1 fully saturated rings. The zero-order valence-corrected chi connectivity index (χ0v) is 15.5. The molecular weight excluding hydrogens is 324 g/mol. The van der Waals surface area contributed by atoms with Crippen LogP contribution in [0.4, 0.5) is 0 Å². The van der Waals surface area contributed by atoms with Gasteiger partial charge in [-0.15, -0.1) is 0 Å². The summed E-state index contributed by atoms with van der Waals surface area (Å²) >= 11 is 0. The van der Waals surface area contributed by atoms with Gasteiger partial charge in [-0.05, 0) is 50.8 Å². The van der Waals surface area contributed by atoms with Crippen LogP contribution in [0.3, 0.4) is 0 Å². The molecule has 0 radical (unpaired) electrons. The van der Waals surface area contributed by atoms with E-state index in [-0.39, 0.29) is 5.91 Å². The van der Waals surface area contributed by atoms with E-state index in [2.05, 4.69) is 0 Å². The third-order valence-electron chi connectivity index (χ3n) is 4.62. The highest BCUT2D eigenvalue weighted by Gasteiger charge is 2.25. The number of piperidine rings is 1. The molecule has 0 bridgehead atoms. The molecule has 1 aromatic rings. The molecule has 5 nitrogen and oxygen atoms in total. The van der Waals surface area contributed by atoms with Gasteiger partial charge in [0.2, 0.25) is 15.9 Å². The van der Waals surface area contributed by atoms with Crippen LogP contribution in [0.2, 0.25) is 0 Å². The van der Waals surface area contributed by atoms with Crippen LogP contribution in [0.25, 0.3) is 0 Å². The lowest BCUT2D eigenvalue weighted by Crippen LogP contribution is -2.35. The van der Waals surface area contributed by atoms with Crippen molar-refractivity contribution in [2.24, 2.45) is 0 Å². The summed E-state index contributed by atoms with van der Waals surface area (Å²) in [6.45, 7) is 6.62. The zero-order valence-electron chi connectivity index (χ0n) is 14.7. The fourth-order valence-electron chi connectivity index (χ4n) is 3.07. The quantitative estimate of drug-likeness (QED) is 0.758. The van der Waals surface area contributed by atoms with E-state index in [1.807, 2.05) is 30.9 Å². The van der Waals surface area contributed by atoms with Gasteiger partial charge in [-0.1, -0.05) is 18.6 Å². The highest BCUT2D eigenvalue weighted by atomic mass is 32.2. The first-order valence-corrected chi connectivity index (χ1v) is 10.3. The Hall–Kier alpha value is -1.40. The van der Waals surface area contributed by atoms with Crippen molar-refractivity contribution in [1.82, 2.24) is 9.21 Å². The fraction of sp³-hybridized carbons (Fsp3) is 0.611. The molecular formula is C18H28N2O3S. The molecule has 0 unspecified atom stereocenters. The largest absolute Gasteiger partial charge is 0.343 e. The Morgan fingerprint density at radius 1 is 1.04 bits per heavy atom. The maximum Gasteiger partial charge on any atom is 0.243 e. The van der Waals surface area contributed by atoms with E-state index in [1.54, 1.807) is 16.4 Å². The second-order valence-electron chi connectivity index (χ2n) is 6.17. The third kappa shape index (κ3) is 4.57. The van der Waals surface area contributed by atoms with Gasteiger partial charge in [0.05, 0.1) is 4.90 Å². The predicted molar refractivity (Wildman–Crippen MR) is 95.3 cm³/mol. The van der Waals surface area contributed by atoms with Crippen LogP contribution in [0.5, 0.6) is 0 Å². The van der Waals surface area contributed by atoms with Crippen molar-refractivity contribution in [2.75, 3.05) is 26.2 Å². The molecule has 1 heterocycles. The number of sulfonamides is 1. The molecule has 0 spiro atoms. The molecule has 0 aromatic heterocycles. The minimum Gasteiger partial charge on any atom is -0.343 e. The molecule has 2 rings (SSSR count). The lowest BCUT2D eigenvalue weighted by Gasteiger charge is -2.25. The highest BCUT2D eigenvalue weighted by molar-refractivity contribution is 7.89. The van der Waals surface area contributed by atoms with E-state index < -0.39 is 10.0 Å². The van der Waals surface area contributed by atoms with Gasteiger partial charge in [0, 0.05) is 32.6 Å². The summed E-state index contributed by atoms with van der Waals surface area (Å²) in [5.41, 5.74) is 0.994. The number of amides is 1. The first-order chi connectivity index (χ1) is 11.5. The average molecular weight is 353 g/mol. The Labute approximate surface area is 145 Å². The van der Waals surface area contributed by atoms with Gasteiger partial charge >= 0.3 is 0 Å². The molecule has 0 saturated carbocycles. The second kappa shape index (κ2) is 8.62. The Bertz CT molecular complexity index is 631. The predicted octanol–water partition coefficient (Wildman–Crippen LogP) is 2.66. The third-order valence-corrected chi connectivity index (χ3v) is 6.53. The van der Waals surface area contributed by atoms with Crippen LogP contribution in [-0.2, 0) is 21.2 Å². The van der Waals surface area contributed by atoms with E-state index in [9.17, 15) is 13.2 Å². The summed E-state index contributed by atoms with van der Waals surface area (Å²) in [7, 11) is -3.37. The molecule has 1 amide bonds. The van der Waals surface area contributed by atoms with Crippen LogP contribution < -0.4 is 0 Å². The molecule has 0 N–H and O–H groups in total. The number of carbonyl (C=O) groups excluding carboxylic acids is 1. The SMILES string of the molecule is CCN(CC)C(=O)CCc1ccc(S(=O)(=O)N2CCCCC2)cc1. The van der Waals surface area contributed by atoms with Crippen molar-refractivity contribution in [2.45, 2.75) is 50.8 Å². The summed E-state index contributed by atoms with van der Waals surface area (Å²) in [6, 6.07) is 6.99. The first kappa shape index (κ1) is 18.9. The first-order valence-electron chi connectivity index (χ1n) is 8.86. The molecule has 24 heavy (non-hydrogen) atoms. The Balaban J connectivity index is 1.98. The van der Waals surface area contributed by atoms with Gasteiger partial charge in [-0.3, -0.25) is 4.79 Å². The summed E-state index contributed by atoms with van der Waals surface area (Å²) in [4.78, 5) is 14.2. The van der Waals surface area contributed by atoms with Gasteiger partial charge < -0.3 is 4.90 Å². The number of aryl methyl sites for hydroxylation is 1. The smallest absolute Gasteiger partial charge is 0.243 e. The lowest BCUT2D eigenvalue weighted by atomic mass is 10.1. The molecule has 6 heteroatoms. The van der Waals surface area contributed by atoms with Gasteiger partial charge in [-0.2, -0.15) is 4.31 Å². The van der Waals surface area contributed by atoms with Crippen molar-refractivity contribution in [3.8, 4) is 0 Å². The number of hydrogen-bond acceptors (Lipinski definition) is 3. The molecule has 1 aromatic carbocycles. The molecule has 134 valence electrons. The van der Waals surface area contributed by atoms with E-state index in [1.165, 1.54) is 0 Å². The van der Waals surface area contributed by atoms with Crippen molar-refractivity contribution < 1.29 is 13.2 Å². The van der Waals surface area contributed by atoms with Crippen molar-refractivity contribution >= 4 is 15.9 Å². The molecule has 0 atom stereocenters. The van der Waals surface area contributed by atoms with Gasteiger partial charge in [0.1, 0.15) is 0 Å². The van der Waals surface area contributed by atoms with Crippen LogP contribution in [-0.4, -0.2) is 49.7 Å². The second-order valence-corrected chi connectivity index (χ2v) is 8.11. The average Bonchev–Trinajstić information content (AvgIpc) is 2.62. The monoisotopic (exact) mass is 352 g/mol. The van der Waals surface area contributed by atoms with Gasteiger partial charge in [0.25, 0.3) is 0 Å². The molecule has 1 aliphatic rings. The number of carbonyl (C=O) groups is 1. The molecule has 1 saturated heterocycles. The fourth-order valence-corrected chi connectivity index (χ4v) is 4.59. The maximum atomic E-state index is 12.6. The van der Waals surface area contributed by atoms with Gasteiger partial charge in [-0.25, -0.2) is 8.42 Å². The molecule has 1 aliphatic heterocycles. The topological polar surface area (TPSA) is 57.7 Å². The summed E-state index contributed by atoms with van der Waals surface area (Å²) < 4.78 is 26.8. The number of nitrogens with zero attached hydrogens (tertiary/aromatic N) is 2. The number of benzene rings is 1. The minimum atomic E-state index is -3.37. The van der Waals surface area contributed by atoms with Crippen LogP contribution in [0.15, 0.2) is 29.2 Å². The molecule has 0 aliphatic carbocycles. The minimum absolute atomic E-state index is 0.144. The van der Waals surface area contributed by atoms with Crippen LogP contribution in [0.1, 0.15) is 45.1 Å². The van der Waals surface area contributed by atoms with E-state index in [0.29, 0.717) is 30.8 Å². The van der Waals surface area contributed by atoms with Crippen molar-refractivity contribution in [1.29, 1.82) is 0 Å². The Kier molecular flexibility index (Phi) is 6.80. The lowest BCUT2D eigenvalue weighted by molar-refractivity contribution is -0.130. The summed E-state index contributed by atoms with van der Waals surface area (Å²) in [6.07, 6.45) is 4.07. The maximum absolute atomic E-state index is 12.6. The summed E-state index contributed by atoms with van der Waals surface area (Å²) in [5.74, 6) is 0.144. The standard InChI is InChI=1S/C18H28N2O3S/c1-3-19(4-2)18(21)13-10-16-8-11-17(12-9-16)24(22,23)20-14-6-5-7-15-20/h8-9,11-12H,3-7,10,13-15H2,1-2H3. The zero-order chi connectivity index (χ0) is 17.6.